The third-order valence-electron chi connectivity index (χ3n) is 7.79. The summed E-state index contributed by atoms with van der Waals surface area (Å²) in [7, 11) is 0. The van der Waals surface area contributed by atoms with Crippen LogP contribution >= 0.6 is 0 Å². The summed E-state index contributed by atoms with van der Waals surface area (Å²) in [5.41, 5.74) is 8.91. The Bertz CT molecular complexity index is 2190. The first-order valence-corrected chi connectivity index (χ1v) is 14.5. The highest BCUT2D eigenvalue weighted by atomic mass is 15.0. The Kier molecular flexibility index (Phi) is 6.39. The van der Waals surface area contributed by atoms with Gasteiger partial charge in [0, 0.05) is 39.2 Å². The molecule has 0 amide bonds. The van der Waals surface area contributed by atoms with E-state index in [4.69, 9.17) is 19.9 Å². The van der Waals surface area contributed by atoms with E-state index in [-0.39, 0.29) is 0 Å². The number of pyridine rings is 2. The highest BCUT2D eigenvalue weighted by Gasteiger charge is 2.13. The lowest BCUT2D eigenvalue weighted by Crippen LogP contribution is -2.00. The standard InChI is InChI=1S/C39H25N5/c1-3-8-31(9-4-1)37-42-38(32-10-5-2-6-11-32)44-39(43-37)33-21-15-27(16-22-33)26-13-17-28(18-14-26)34-24-23-30-20-19-29-12-7-25-40-35(29)36(30)41-34/h1-25H. The van der Waals surface area contributed by atoms with E-state index in [1.54, 1.807) is 0 Å². The van der Waals surface area contributed by atoms with E-state index in [0.29, 0.717) is 17.5 Å². The molecule has 0 N–H and O–H groups in total. The number of rotatable bonds is 5. The van der Waals surface area contributed by atoms with Crippen molar-refractivity contribution < 1.29 is 0 Å². The van der Waals surface area contributed by atoms with Crippen molar-refractivity contribution in [3.8, 4) is 56.5 Å². The van der Waals surface area contributed by atoms with Crippen molar-refractivity contribution in [2.45, 2.75) is 0 Å². The summed E-state index contributed by atoms with van der Waals surface area (Å²) in [6, 6.07) is 49.4. The minimum atomic E-state index is 0.643. The quantitative estimate of drug-likeness (QED) is 0.195. The van der Waals surface area contributed by atoms with Crippen molar-refractivity contribution in [1.82, 2.24) is 24.9 Å². The van der Waals surface area contributed by atoms with Crippen LogP contribution in [0, 0.1) is 0 Å². The lowest BCUT2D eigenvalue weighted by atomic mass is 10.0. The van der Waals surface area contributed by atoms with E-state index in [1.807, 2.05) is 72.9 Å². The molecule has 3 aromatic heterocycles. The molecule has 5 heteroatoms. The van der Waals surface area contributed by atoms with Crippen LogP contribution in [0.3, 0.4) is 0 Å². The second kappa shape index (κ2) is 11.0. The monoisotopic (exact) mass is 563 g/mol. The van der Waals surface area contributed by atoms with E-state index in [0.717, 1.165) is 60.9 Å². The topological polar surface area (TPSA) is 64.5 Å². The molecule has 0 aliphatic carbocycles. The first kappa shape index (κ1) is 25.6. The van der Waals surface area contributed by atoms with Crippen molar-refractivity contribution in [2.75, 3.05) is 0 Å². The van der Waals surface area contributed by atoms with Gasteiger partial charge in [0.2, 0.25) is 0 Å². The number of aromatic nitrogens is 5. The molecule has 5 nitrogen and oxygen atoms in total. The molecule has 8 rings (SSSR count). The summed E-state index contributed by atoms with van der Waals surface area (Å²) in [6.45, 7) is 0. The van der Waals surface area contributed by atoms with Gasteiger partial charge in [-0.05, 0) is 23.3 Å². The van der Waals surface area contributed by atoms with Gasteiger partial charge in [-0.2, -0.15) is 0 Å². The molecule has 206 valence electrons. The Morgan fingerprint density at radius 3 is 1.32 bits per heavy atom. The van der Waals surface area contributed by atoms with Crippen LogP contribution in [0.4, 0.5) is 0 Å². The molecule has 0 fully saturated rings. The minimum Gasteiger partial charge on any atom is -0.254 e. The molecular weight excluding hydrogens is 538 g/mol. The van der Waals surface area contributed by atoms with Crippen LogP contribution in [0.25, 0.3) is 78.4 Å². The maximum Gasteiger partial charge on any atom is 0.164 e. The van der Waals surface area contributed by atoms with Gasteiger partial charge < -0.3 is 0 Å². The van der Waals surface area contributed by atoms with Gasteiger partial charge in [0.15, 0.2) is 17.5 Å². The van der Waals surface area contributed by atoms with Crippen molar-refractivity contribution in [3.05, 3.63) is 152 Å². The number of hydrogen-bond donors (Lipinski definition) is 0. The Morgan fingerprint density at radius 1 is 0.295 bits per heavy atom. The first-order valence-electron chi connectivity index (χ1n) is 14.5. The fraction of sp³-hybridized carbons (Fsp3) is 0. The van der Waals surface area contributed by atoms with E-state index >= 15 is 0 Å². The maximum absolute atomic E-state index is 5.00. The summed E-state index contributed by atoms with van der Waals surface area (Å²) >= 11 is 0. The van der Waals surface area contributed by atoms with Gasteiger partial charge in [-0.1, -0.05) is 133 Å². The maximum atomic E-state index is 5.00. The molecule has 8 aromatic rings. The van der Waals surface area contributed by atoms with Crippen LogP contribution in [-0.2, 0) is 0 Å². The van der Waals surface area contributed by atoms with E-state index < -0.39 is 0 Å². The van der Waals surface area contributed by atoms with Crippen molar-refractivity contribution in [2.24, 2.45) is 0 Å². The van der Waals surface area contributed by atoms with Gasteiger partial charge >= 0.3 is 0 Å². The number of benzene rings is 5. The van der Waals surface area contributed by atoms with E-state index in [2.05, 4.69) is 83.8 Å². The summed E-state index contributed by atoms with van der Waals surface area (Å²) in [6.07, 6.45) is 1.82. The molecule has 44 heavy (non-hydrogen) atoms. The van der Waals surface area contributed by atoms with Crippen LogP contribution in [0.1, 0.15) is 0 Å². The molecular formula is C39H25N5. The summed E-state index contributed by atoms with van der Waals surface area (Å²) in [4.78, 5) is 24.1. The molecule has 0 atom stereocenters. The molecule has 3 heterocycles. The molecule has 0 aliphatic heterocycles. The van der Waals surface area contributed by atoms with Crippen molar-refractivity contribution in [3.63, 3.8) is 0 Å². The predicted octanol–water partition coefficient (Wildman–Crippen LogP) is 9.30. The molecule has 0 bridgehead atoms. The minimum absolute atomic E-state index is 0.643. The second-order valence-electron chi connectivity index (χ2n) is 10.6. The van der Waals surface area contributed by atoms with Gasteiger partial charge in [-0.25, -0.2) is 19.9 Å². The van der Waals surface area contributed by atoms with Crippen LogP contribution in [0.5, 0.6) is 0 Å². The zero-order chi connectivity index (χ0) is 29.3. The highest BCUT2D eigenvalue weighted by Crippen LogP contribution is 2.30. The predicted molar refractivity (Wildman–Crippen MR) is 178 cm³/mol. The third-order valence-corrected chi connectivity index (χ3v) is 7.79. The zero-order valence-electron chi connectivity index (χ0n) is 23.7. The Hall–Kier alpha value is -6.07. The van der Waals surface area contributed by atoms with Crippen LogP contribution in [-0.4, -0.2) is 24.9 Å². The average Bonchev–Trinajstić information content (AvgIpc) is 3.12. The Labute approximate surface area is 254 Å². The lowest BCUT2D eigenvalue weighted by Gasteiger charge is -2.09. The number of fused-ring (bicyclic) bond motifs is 3. The van der Waals surface area contributed by atoms with E-state index in [1.165, 1.54) is 0 Å². The van der Waals surface area contributed by atoms with Gasteiger partial charge in [-0.3, -0.25) is 4.98 Å². The Balaban J connectivity index is 1.11. The summed E-state index contributed by atoms with van der Waals surface area (Å²) < 4.78 is 0. The summed E-state index contributed by atoms with van der Waals surface area (Å²) in [5, 5.41) is 2.18. The fourth-order valence-electron chi connectivity index (χ4n) is 5.47. The number of hydrogen-bond acceptors (Lipinski definition) is 5. The third kappa shape index (κ3) is 4.86. The molecule has 0 spiro atoms. The smallest absolute Gasteiger partial charge is 0.164 e. The van der Waals surface area contributed by atoms with Gasteiger partial charge in [0.1, 0.15) is 0 Å². The Morgan fingerprint density at radius 2 is 0.750 bits per heavy atom. The largest absolute Gasteiger partial charge is 0.254 e. The fourth-order valence-corrected chi connectivity index (χ4v) is 5.47. The van der Waals surface area contributed by atoms with Crippen LogP contribution in [0.2, 0.25) is 0 Å². The molecule has 0 saturated carbocycles. The molecule has 0 unspecified atom stereocenters. The zero-order valence-corrected chi connectivity index (χ0v) is 23.7. The first-order chi connectivity index (χ1) is 21.8. The molecule has 0 aliphatic rings. The number of nitrogens with zero attached hydrogens (tertiary/aromatic N) is 5. The molecule has 0 radical (unpaired) electrons. The highest BCUT2D eigenvalue weighted by molar-refractivity contribution is 6.03. The SMILES string of the molecule is c1ccc(-c2nc(-c3ccccc3)nc(-c3ccc(-c4ccc(-c5ccc6ccc7cccnc7c6n5)cc4)cc3)n2)cc1. The average molecular weight is 564 g/mol. The second-order valence-corrected chi connectivity index (χ2v) is 10.6. The van der Waals surface area contributed by atoms with E-state index in [9.17, 15) is 0 Å². The van der Waals surface area contributed by atoms with Gasteiger partial charge in [0.25, 0.3) is 0 Å². The molecule has 0 saturated heterocycles. The van der Waals surface area contributed by atoms with Crippen molar-refractivity contribution in [1.29, 1.82) is 0 Å². The van der Waals surface area contributed by atoms with Crippen molar-refractivity contribution >= 4 is 21.8 Å². The molecule has 5 aromatic carbocycles. The van der Waals surface area contributed by atoms with Gasteiger partial charge in [0.05, 0.1) is 16.7 Å². The normalized spacial score (nSPS) is 11.2. The van der Waals surface area contributed by atoms with Gasteiger partial charge in [-0.15, -0.1) is 0 Å². The summed E-state index contributed by atoms with van der Waals surface area (Å²) in [5.74, 6) is 1.95. The lowest BCUT2D eigenvalue weighted by molar-refractivity contribution is 1.07. The van der Waals surface area contributed by atoms with Crippen LogP contribution in [0.15, 0.2) is 152 Å². The van der Waals surface area contributed by atoms with Crippen LogP contribution < -0.4 is 0 Å².